The van der Waals surface area contributed by atoms with Gasteiger partial charge in [-0.25, -0.2) is 0 Å². The van der Waals surface area contributed by atoms with Crippen LogP contribution in [0.25, 0.3) is 0 Å². The lowest BCUT2D eigenvalue weighted by Gasteiger charge is -2.06. The number of carbonyl (C=O) groups is 1. The number of para-hydroxylation sites is 1. The minimum absolute atomic E-state index is 0.254. The van der Waals surface area contributed by atoms with Gasteiger partial charge in [-0.15, -0.1) is 0 Å². The molecule has 0 fully saturated rings. The van der Waals surface area contributed by atoms with Gasteiger partial charge in [0.15, 0.2) is 0 Å². The smallest absolute Gasteiger partial charge is 0.129 e. The summed E-state index contributed by atoms with van der Waals surface area (Å²) in [5, 5.41) is 0. The number of hydrogen-bond donors (Lipinski definition) is 0. The van der Waals surface area contributed by atoms with Gasteiger partial charge in [0.1, 0.15) is 17.3 Å². The van der Waals surface area contributed by atoms with E-state index in [0.29, 0.717) is 6.42 Å². The van der Waals surface area contributed by atoms with E-state index in [9.17, 15) is 4.79 Å². The molecular weight excluding hydrogens is 236 g/mol. The van der Waals surface area contributed by atoms with Crippen molar-refractivity contribution in [2.45, 2.75) is 26.2 Å². The average molecular weight is 254 g/mol. The third-order valence-electron chi connectivity index (χ3n) is 2.90. The Labute approximate surface area is 114 Å². The second-order valence-corrected chi connectivity index (χ2v) is 4.61. The van der Waals surface area contributed by atoms with Gasteiger partial charge in [-0.1, -0.05) is 30.3 Å². The predicted octanol–water partition coefficient (Wildman–Crippen LogP) is 4.39. The van der Waals surface area contributed by atoms with Crippen molar-refractivity contribution >= 4 is 5.78 Å². The molecule has 2 aromatic rings. The topological polar surface area (TPSA) is 26.3 Å². The Kier molecular flexibility index (Phi) is 4.73. The quantitative estimate of drug-likeness (QED) is 0.764. The SMILES string of the molecule is CC(=O)CCCc1ccc(Oc2ccccc2)cc1. The molecule has 0 aromatic heterocycles. The maximum absolute atomic E-state index is 10.9. The zero-order chi connectivity index (χ0) is 13.5. The van der Waals surface area contributed by atoms with Gasteiger partial charge >= 0.3 is 0 Å². The highest BCUT2D eigenvalue weighted by Crippen LogP contribution is 2.21. The molecule has 0 unspecified atom stereocenters. The molecule has 0 aliphatic heterocycles. The minimum atomic E-state index is 0.254. The van der Waals surface area contributed by atoms with E-state index in [4.69, 9.17) is 4.74 Å². The number of ether oxygens (including phenoxy) is 1. The third kappa shape index (κ3) is 4.59. The van der Waals surface area contributed by atoms with Gasteiger partial charge in [0.25, 0.3) is 0 Å². The monoisotopic (exact) mass is 254 g/mol. The van der Waals surface area contributed by atoms with Gasteiger partial charge in [-0.05, 0) is 49.6 Å². The molecule has 0 N–H and O–H groups in total. The Hall–Kier alpha value is -2.09. The molecule has 0 aliphatic rings. The summed E-state index contributed by atoms with van der Waals surface area (Å²) in [6.45, 7) is 1.64. The van der Waals surface area contributed by atoms with Gasteiger partial charge in [0.05, 0.1) is 0 Å². The molecule has 2 heteroatoms. The first kappa shape index (κ1) is 13.3. The first-order valence-electron chi connectivity index (χ1n) is 6.55. The summed E-state index contributed by atoms with van der Waals surface area (Å²) >= 11 is 0. The second-order valence-electron chi connectivity index (χ2n) is 4.61. The van der Waals surface area contributed by atoms with Gasteiger partial charge < -0.3 is 9.53 Å². The second kappa shape index (κ2) is 6.74. The Morgan fingerprint density at radius 2 is 1.58 bits per heavy atom. The Balaban J connectivity index is 1.89. The largest absolute Gasteiger partial charge is 0.457 e. The molecule has 98 valence electrons. The van der Waals surface area contributed by atoms with Crippen LogP contribution in [0.5, 0.6) is 11.5 Å². The minimum Gasteiger partial charge on any atom is -0.457 e. The van der Waals surface area contributed by atoms with Crippen LogP contribution < -0.4 is 4.74 Å². The first-order valence-corrected chi connectivity index (χ1v) is 6.55. The van der Waals surface area contributed by atoms with Gasteiger partial charge in [-0.2, -0.15) is 0 Å². The van der Waals surface area contributed by atoms with Crippen LogP contribution in [0.1, 0.15) is 25.3 Å². The van der Waals surface area contributed by atoms with Crippen LogP contribution in [0, 0.1) is 0 Å². The molecule has 0 atom stereocenters. The summed E-state index contributed by atoms with van der Waals surface area (Å²) < 4.78 is 5.72. The third-order valence-corrected chi connectivity index (χ3v) is 2.90. The van der Waals surface area contributed by atoms with Crippen molar-refractivity contribution in [1.29, 1.82) is 0 Å². The normalized spacial score (nSPS) is 10.2. The van der Waals surface area contributed by atoms with Gasteiger partial charge in [-0.3, -0.25) is 0 Å². The molecule has 0 saturated carbocycles. The zero-order valence-electron chi connectivity index (χ0n) is 11.1. The highest BCUT2D eigenvalue weighted by atomic mass is 16.5. The molecule has 0 saturated heterocycles. The van der Waals surface area contributed by atoms with Crippen molar-refractivity contribution in [3.63, 3.8) is 0 Å². The molecule has 19 heavy (non-hydrogen) atoms. The summed E-state index contributed by atoms with van der Waals surface area (Å²) in [4.78, 5) is 10.9. The average Bonchev–Trinajstić information content (AvgIpc) is 2.42. The summed E-state index contributed by atoms with van der Waals surface area (Å²) in [5.74, 6) is 1.93. The van der Waals surface area contributed by atoms with E-state index in [-0.39, 0.29) is 5.78 Å². The van der Waals surface area contributed by atoms with Crippen LogP contribution in [-0.4, -0.2) is 5.78 Å². The van der Waals surface area contributed by atoms with E-state index in [1.54, 1.807) is 6.92 Å². The maximum Gasteiger partial charge on any atom is 0.129 e. The fourth-order valence-electron chi connectivity index (χ4n) is 1.89. The molecule has 0 aliphatic carbocycles. The number of benzene rings is 2. The number of ketones is 1. The number of Topliss-reactive ketones (excluding diaryl/α,β-unsaturated/α-hetero) is 1. The molecule has 0 radical (unpaired) electrons. The van der Waals surface area contributed by atoms with E-state index in [0.717, 1.165) is 24.3 Å². The van der Waals surface area contributed by atoms with Crippen molar-refractivity contribution in [2.24, 2.45) is 0 Å². The summed E-state index contributed by atoms with van der Waals surface area (Å²) in [7, 11) is 0. The van der Waals surface area contributed by atoms with Crippen molar-refractivity contribution in [2.75, 3.05) is 0 Å². The molecular formula is C17H18O2. The lowest BCUT2D eigenvalue weighted by atomic mass is 10.1. The molecule has 2 nitrogen and oxygen atoms in total. The molecule has 0 spiro atoms. The van der Waals surface area contributed by atoms with Crippen LogP contribution in [0.15, 0.2) is 54.6 Å². The fourth-order valence-corrected chi connectivity index (χ4v) is 1.89. The van der Waals surface area contributed by atoms with E-state index in [1.165, 1.54) is 5.56 Å². The predicted molar refractivity (Wildman–Crippen MR) is 76.6 cm³/mol. The van der Waals surface area contributed by atoms with Crippen molar-refractivity contribution in [1.82, 2.24) is 0 Å². The zero-order valence-corrected chi connectivity index (χ0v) is 11.1. The van der Waals surface area contributed by atoms with E-state index < -0.39 is 0 Å². The standard InChI is InChI=1S/C17H18O2/c1-14(18)6-5-7-15-10-12-17(13-11-15)19-16-8-3-2-4-9-16/h2-4,8-13H,5-7H2,1H3. The molecule has 0 amide bonds. The highest BCUT2D eigenvalue weighted by Gasteiger charge is 1.99. The van der Waals surface area contributed by atoms with E-state index in [2.05, 4.69) is 12.1 Å². The summed E-state index contributed by atoms with van der Waals surface area (Å²) in [5.41, 5.74) is 1.24. The number of rotatable bonds is 6. The fraction of sp³-hybridized carbons (Fsp3) is 0.235. The Morgan fingerprint density at radius 1 is 0.947 bits per heavy atom. The summed E-state index contributed by atoms with van der Waals surface area (Å²) in [6, 6.07) is 17.8. The molecule has 2 aromatic carbocycles. The summed E-state index contributed by atoms with van der Waals surface area (Å²) in [6.07, 6.45) is 2.50. The number of hydrogen-bond acceptors (Lipinski definition) is 2. The van der Waals surface area contributed by atoms with Crippen LogP contribution >= 0.6 is 0 Å². The lowest BCUT2D eigenvalue weighted by molar-refractivity contribution is -0.117. The highest BCUT2D eigenvalue weighted by molar-refractivity contribution is 5.75. The van der Waals surface area contributed by atoms with Crippen molar-refractivity contribution < 1.29 is 9.53 Å². The maximum atomic E-state index is 10.9. The van der Waals surface area contributed by atoms with Crippen LogP contribution in [0.4, 0.5) is 0 Å². The molecule has 2 rings (SSSR count). The number of aryl methyl sites for hydroxylation is 1. The van der Waals surface area contributed by atoms with Crippen molar-refractivity contribution in [3.05, 3.63) is 60.2 Å². The van der Waals surface area contributed by atoms with Gasteiger partial charge in [0, 0.05) is 6.42 Å². The van der Waals surface area contributed by atoms with Crippen LogP contribution in [0.2, 0.25) is 0 Å². The first-order chi connectivity index (χ1) is 9.24. The molecule has 0 bridgehead atoms. The lowest BCUT2D eigenvalue weighted by Crippen LogP contribution is -1.92. The number of carbonyl (C=O) groups excluding carboxylic acids is 1. The van der Waals surface area contributed by atoms with E-state index >= 15 is 0 Å². The van der Waals surface area contributed by atoms with Crippen LogP contribution in [-0.2, 0) is 11.2 Å². The van der Waals surface area contributed by atoms with E-state index in [1.807, 2.05) is 42.5 Å². The van der Waals surface area contributed by atoms with Crippen molar-refractivity contribution in [3.8, 4) is 11.5 Å². The van der Waals surface area contributed by atoms with Gasteiger partial charge in [0.2, 0.25) is 0 Å². The Bertz CT molecular complexity index is 515. The molecule has 0 heterocycles. The van der Waals surface area contributed by atoms with Crippen LogP contribution in [0.3, 0.4) is 0 Å². The Morgan fingerprint density at radius 3 is 2.21 bits per heavy atom.